The Kier molecular flexibility index (Phi) is 9.29. The van der Waals surface area contributed by atoms with Gasteiger partial charge in [0.1, 0.15) is 21.2 Å². The van der Waals surface area contributed by atoms with Crippen LogP contribution in [-0.2, 0) is 26.7 Å². The summed E-state index contributed by atoms with van der Waals surface area (Å²) in [5.74, 6) is -1.50. The number of Topliss-reactive ketones (excluding diaryl/α,β-unsaturated/α-hetero) is 1. The monoisotopic (exact) mass is 610 g/mol. The number of hydrogen-bond acceptors (Lipinski definition) is 11. The average molecular weight is 611 g/mol. The van der Waals surface area contributed by atoms with E-state index in [4.69, 9.17) is 5.73 Å². The molecule has 4 aromatic carbocycles. The first-order valence-corrected chi connectivity index (χ1v) is 13.9. The van der Waals surface area contributed by atoms with Gasteiger partial charge in [0.2, 0.25) is 0 Å². The standard InChI is InChI=1S/C24H18N4O10S2.Na.H/c25-22-21-14(9-19(39(33,34)35)17(24(21)30)12-18(29)13-5-2-1-3-6-13)10-20(40(36,37)38)23(22)27-26-15-7-4-8-16(11-15)28(31)32;;/h1-11,30H,12,25H2,(H,33,34,35)(H,36,37,38);;/q;+1;-1. The Bertz CT molecular complexity index is 1960. The molecule has 0 spiro atoms. The van der Waals surface area contributed by atoms with Gasteiger partial charge in [-0.1, -0.05) is 36.4 Å². The number of phenols is 1. The molecule has 0 bridgehead atoms. The third-order valence-corrected chi connectivity index (χ3v) is 7.52. The van der Waals surface area contributed by atoms with E-state index in [1.54, 1.807) is 18.2 Å². The van der Waals surface area contributed by atoms with E-state index in [9.17, 15) is 46.0 Å². The van der Waals surface area contributed by atoms with Crippen molar-refractivity contribution in [2.45, 2.75) is 16.2 Å². The quantitative estimate of drug-likeness (QED) is 0.0424. The van der Waals surface area contributed by atoms with Crippen LogP contribution in [0.25, 0.3) is 10.8 Å². The van der Waals surface area contributed by atoms with Crippen LogP contribution in [0.1, 0.15) is 17.3 Å². The summed E-state index contributed by atoms with van der Waals surface area (Å²) in [5.41, 5.74) is 4.07. The number of ketones is 1. The number of phenolic OH excluding ortho intramolecular Hbond substituents is 1. The molecule has 0 aliphatic rings. The number of fused-ring (bicyclic) bond motifs is 1. The average Bonchev–Trinajstić information content (AvgIpc) is 2.88. The minimum absolute atomic E-state index is 0. The van der Waals surface area contributed by atoms with Crippen LogP contribution >= 0.6 is 0 Å². The van der Waals surface area contributed by atoms with Gasteiger partial charge < -0.3 is 12.3 Å². The molecule has 41 heavy (non-hydrogen) atoms. The van der Waals surface area contributed by atoms with E-state index in [0.29, 0.717) is 0 Å². The Hall–Kier alpha value is -3.77. The summed E-state index contributed by atoms with van der Waals surface area (Å²) in [7, 11) is -10.2. The Morgan fingerprint density at radius 2 is 1.54 bits per heavy atom. The van der Waals surface area contributed by atoms with Gasteiger partial charge >= 0.3 is 29.6 Å². The van der Waals surface area contributed by atoms with Gasteiger partial charge in [0.05, 0.1) is 16.3 Å². The summed E-state index contributed by atoms with van der Waals surface area (Å²) in [4.78, 5) is 21.3. The molecule has 0 aliphatic carbocycles. The van der Waals surface area contributed by atoms with Crippen molar-refractivity contribution in [1.82, 2.24) is 0 Å². The Labute approximate surface area is 256 Å². The number of azo groups is 1. The van der Waals surface area contributed by atoms with Gasteiger partial charge in [0.15, 0.2) is 5.78 Å². The second-order valence-electron chi connectivity index (χ2n) is 8.33. The number of nitro benzene ring substituents is 1. The molecule has 0 amide bonds. The molecule has 208 valence electrons. The zero-order valence-electron chi connectivity index (χ0n) is 22.0. The van der Waals surface area contributed by atoms with Crippen LogP contribution in [0.5, 0.6) is 5.75 Å². The maximum absolute atomic E-state index is 12.8. The molecule has 0 atom stereocenters. The summed E-state index contributed by atoms with van der Waals surface area (Å²) in [6, 6.07) is 14.0. The number of benzene rings is 4. The summed E-state index contributed by atoms with van der Waals surface area (Å²) in [6.07, 6.45) is -0.703. The van der Waals surface area contributed by atoms with E-state index in [-0.39, 0.29) is 58.7 Å². The van der Waals surface area contributed by atoms with Crippen molar-refractivity contribution in [3.63, 3.8) is 0 Å². The number of anilines is 1. The minimum Gasteiger partial charge on any atom is -1.00 e. The molecule has 0 saturated heterocycles. The van der Waals surface area contributed by atoms with E-state index in [1.165, 1.54) is 30.3 Å². The zero-order chi connectivity index (χ0) is 29.4. The van der Waals surface area contributed by atoms with E-state index >= 15 is 0 Å². The molecule has 0 saturated carbocycles. The third kappa shape index (κ3) is 6.76. The molecule has 4 aromatic rings. The molecule has 0 fully saturated rings. The third-order valence-electron chi connectivity index (χ3n) is 5.73. The SMILES string of the molecule is Nc1c(N=Nc2cccc([N+](=O)[O-])c2)c(S(=O)(=O)O)cc2cc(S(=O)(=O)O)c(CC(=O)c3ccccc3)c(O)c12.[H-].[Na+]. The van der Waals surface area contributed by atoms with Crippen LogP contribution in [-0.4, -0.2) is 41.8 Å². The van der Waals surface area contributed by atoms with Crippen molar-refractivity contribution in [1.29, 1.82) is 0 Å². The largest absolute Gasteiger partial charge is 1.00 e. The number of nitrogens with zero attached hydrogens (tertiary/aromatic N) is 3. The maximum atomic E-state index is 12.8. The first-order valence-electron chi connectivity index (χ1n) is 11.0. The van der Waals surface area contributed by atoms with Gasteiger partial charge in [-0.15, -0.1) is 5.11 Å². The number of nitrogens with two attached hydrogens (primary N) is 1. The number of rotatable bonds is 8. The van der Waals surface area contributed by atoms with Crippen molar-refractivity contribution < 1.29 is 71.7 Å². The summed E-state index contributed by atoms with van der Waals surface area (Å²) in [6.45, 7) is 0. The fourth-order valence-corrected chi connectivity index (χ4v) is 5.35. The Balaban J connectivity index is 0.00000308. The molecule has 4 rings (SSSR count). The van der Waals surface area contributed by atoms with Crippen LogP contribution in [0.3, 0.4) is 0 Å². The molecule has 5 N–H and O–H groups in total. The van der Waals surface area contributed by atoms with Gasteiger partial charge in [-0.25, -0.2) is 0 Å². The molecule has 0 aromatic heterocycles. The van der Waals surface area contributed by atoms with Crippen LogP contribution in [0.4, 0.5) is 22.7 Å². The molecule has 0 radical (unpaired) electrons. The molecular formula is C24H19N4NaO10S2. The van der Waals surface area contributed by atoms with Crippen molar-refractivity contribution in [3.8, 4) is 5.75 Å². The molecular weight excluding hydrogens is 591 g/mol. The van der Waals surface area contributed by atoms with Crippen LogP contribution < -0.4 is 35.3 Å². The number of non-ortho nitro benzene ring substituents is 1. The predicted molar refractivity (Wildman–Crippen MR) is 143 cm³/mol. The van der Waals surface area contributed by atoms with Crippen molar-refractivity contribution in [2.24, 2.45) is 10.2 Å². The first-order chi connectivity index (χ1) is 18.7. The maximum Gasteiger partial charge on any atom is 1.00 e. The number of carbonyl (C=O) groups excluding carboxylic acids is 1. The van der Waals surface area contributed by atoms with Crippen LogP contribution in [0.2, 0.25) is 0 Å². The number of carbonyl (C=O) groups is 1. The van der Waals surface area contributed by atoms with Gasteiger partial charge in [-0.2, -0.15) is 21.9 Å². The molecule has 0 aliphatic heterocycles. The number of nitrogen functional groups attached to an aromatic ring is 1. The first kappa shape index (κ1) is 31.8. The molecule has 17 heteroatoms. The summed E-state index contributed by atoms with van der Waals surface area (Å²) < 4.78 is 68.4. The van der Waals surface area contributed by atoms with E-state index < -0.39 is 69.8 Å². The Morgan fingerprint density at radius 3 is 2.12 bits per heavy atom. The smallest absolute Gasteiger partial charge is 1.00 e. The van der Waals surface area contributed by atoms with Crippen molar-refractivity contribution >= 4 is 59.5 Å². The minimum atomic E-state index is -5.09. The van der Waals surface area contributed by atoms with Crippen molar-refractivity contribution in [3.05, 3.63) is 88.0 Å². The molecule has 14 nitrogen and oxygen atoms in total. The van der Waals surface area contributed by atoms with Gasteiger partial charge in [-0.05, 0) is 23.6 Å². The van der Waals surface area contributed by atoms with Gasteiger partial charge in [0, 0.05) is 35.1 Å². The number of hydrogen-bond donors (Lipinski definition) is 4. The summed E-state index contributed by atoms with van der Waals surface area (Å²) >= 11 is 0. The number of aromatic hydroxyl groups is 1. The number of nitro groups is 1. The Morgan fingerprint density at radius 1 is 0.927 bits per heavy atom. The molecule has 0 heterocycles. The normalized spacial score (nSPS) is 11.9. The van der Waals surface area contributed by atoms with E-state index in [0.717, 1.165) is 18.2 Å². The fourth-order valence-electron chi connectivity index (χ4n) is 3.93. The second-order valence-corrected chi connectivity index (χ2v) is 11.1. The van der Waals surface area contributed by atoms with Crippen LogP contribution in [0, 0.1) is 10.1 Å². The van der Waals surface area contributed by atoms with Gasteiger partial charge in [0.25, 0.3) is 25.9 Å². The molecule has 0 unspecified atom stereocenters. The fraction of sp³-hybridized carbons (Fsp3) is 0.0417. The van der Waals surface area contributed by atoms with Gasteiger partial charge in [-0.3, -0.25) is 24.0 Å². The zero-order valence-corrected chi connectivity index (χ0v) is 24.6. The van der Waals surface area contributed by atoms with Crippen LogP contribution in [0.15, 0.2) is 86.7 Å². The van der Waals surface area contributed by atoms with Crippen molar-refractivity contribution in [2.75, 3.05) is 5.73 Å². The topological polar surface area (TPSA) is 240 Å². The second kappa shape index (κ2) is 12.0. The van der Waals surface area contributed by atoms with E-state index in [1.807, 2.05) is 0 Å². The summed E-state index contributed by atoms with van der Waals surface area (Å²) in [5, 5.41) is 28.9. The predicted octanol–water partition coefficient (Wildman–Crippen LogP) is 1.49. The van der Waals surface area contributed by atoms with E-state index in [2.05, 4.69) is 10.2 Å².